The Morgan fingerprint density at radius 3 is 2.70 bits per heavy atom. The van der Waals surface area contributed by atoms with Crippen LogP contribution in [0.4, 0.5) is 14.5 Å². The number of aromatic nitrogens is 3. The van der Waals surface area contributed by atoms with E-state index < -0.39 is 23.1 Å². The maximum absolute atomic E-state index is 15.0. The summed E-state index contributed by atoms with van der Waals surface area (Å²) in [7, 11) is 0. The second-order valence-corrected chi connectivity index (χ2v) is 9.57. The van der Waals surface area contributed by atoms with Crippen LogP contribution in [0.5, 0.6) is 11.6 Å². The number of nitrogens with one attached hydrogen (secondary N) is 1. The normalized spacial score (nSPS) is 12.5. The number of rotatable bonds is 5. The minimum Gasteiger partial charge on any atom is -0.435 e. The molecule has 0 spiro atoms. The molecule has 1 aliphatic rings. The largest absolute Gasteiger partial charge is 0.435 e. The van der Waals surface area contributed by atoms with E-state index in [4.69, 9.17) is 4.74 Å². The van der Waals surface area contributed by atoms with Crippen molar-refractivity contribution in [3.63, 3.8) is 0 Å². The molecule has 0 aliphatic heterocycles. The average molecular weight is 517 g/mol. The van der Waals surface area contributed by atoms with Gasteiger partial charge < -0.3 is 10.1 Å². The van der Waals surface area contributed by atoms with Gasteiger partial charge in [-0.25, -0.2) is 18.7 Å². The van der Waals surface area contributed by atoms with E-state index >= 15 is 0 Å². The number of ether oxygens (including phenoxy) is 1. The van der Waals surface area contributed by atoms with Gasteiger partial charge in [0.1, 0.15) is 22.5 Å². The lowest BCUT2D eigenvalue weighted by molar-refractivity contribution is 0.102. The number of benzene rings is 2. The van der Waals surface area contributed by atoms with E-state index in [1.165, 1.54) is 70.5 Å². The molecule has 0 bridgehead atoms. The van der Waals surface area contributed by atoms with Crippen molar-refractivity contribution in [1.29, 1.82) is 0 Å². The lowest BCUT2D eigenvalue weighted by Gasteiger charge is -2.11. The smallest absolute Gasteiger partial charge is 0.267 e. The van der Waals surface area contributed by atoms with Gasteiger partial charge in [0.2, 0.25) is 5.88 Å². The molecule has 0 unspecified atom stereocenters. The van der Waals surface area contributed by atoms with Crippen molar-refractivity contribution >= 4 is 33.1 Å². The van der Waals surface area contributed by atoms with Gasteiger partial charge in [-0.3, -0.25) is 14.2 Å². The Bertz CT molecular complexity index is 1730. The van der Waals surface area contributed by atoms with Crippen LogP contribution < -0.4 is 15.6 Å². The van der Waals surface area contributed by atoms with Crippen LogP contribution in [0.15, 0.2) is 71.9 Å². The standard InChI is InChI=1S/C27H18F2N4O3S/c28-15-6-9-17(10-7-15)33-12-2-4-19(27(33)35)24(34)32-16-8-11-21(20(29)13-16)36-25-23-18-3-1-5-22(18)37-26(23)31-14-30-25/h2,4,6-14H,1,3,5H2,(H,32,34). The molecule has 3 heterocycles. The summed E-state index contributed by atoms with van der Waals surface area (Å²) in [5.41, 5.74) is 0.971. The molecular weight excluding hydrogens is 498 g/mol. The minimum absolute atomic E-state index is 0.0469. The molecular formula is C27H18F2N4O3S. The molecule has 1 aliphatic carbocycles. The van der Waals surface area contributed by atoms with Crippen LogP contribution in [-0.2, 0) is 12.8 Å². The summed E-state index contributed by atoms with van der Waals surface area (Å²) in [6, 6.07) is 12.2. The molecule has 5 aromatic rings. The molecule has 0 fully saturated rings. The van der Waals surface area contributed by atoms with Gasteiger partial charge in [0.25, 0.3) is 11.5 Å². The number of amides is 1. The van der Waals surface area contributed by atoms with Crippen LogP contribution in [0.25, 0.3) is 15.9 Å². The summed E-state index contributed by atoms with van der Waals surface area (Å²) < 4.78 is 35.3. The van der Waals surface area contributed by atoms with E-state index in [1.807, 2.05) is 0 Å². The van der Waals surface area contributed by atoms with Crippen LogP contribution in [-0.4, -0.2) is 20.4 Å². The predicted molar refractivity (Wildman–Crippen MR) is 136 cm³/mol. The number of aryl methyl sites for hydroxylation is 2. The molecule has 10 heteroatoms. The molecule has 6 rings (SSSR count). The first-order valence-electron chi connectivity index (χ1n) is 11.5. The van der Waals surface area contributed by atoms with E-state index in [9.17, 15) is 18.4 Å². The van der Waals surface area contributed by atoms with Crippen molar-refractivity contribution in [2.45, 2.75) is 19.3 Å². The quantitative estimate of drug-likeness (QED) is 0.326. The molecule has 1 amide bonds. The van der Waals surface area contributed by atoms with Crippen LogP contribution in [0.2, 0.25) is 0 Å². The molecule has 3 aromatic heterocycles. The number of nitrogens with zero attached hydrogens (tertiary/aromatic N) is 3. The Morgan fingerprint density at radius 1 is 1.05 bits per heavy atom. The van der Waals surface area contributed by atoms with Crippen LogP contribution >= 0.6 is 11.3 Å². The topological polar surface area (TPSA) is 86.1 Å². The van der Waals surface area contributed by atoms with Crippen LogP contribution in [0, 0.1) is 11.6 Å². The summed E-state index contributed by atoms with van der Waals surface area (Å²) in [5.74, 6) is -1.60. The van der Waals surface area contributed by atoms with Gasteiger partial charge in [-0.1, -0.05) is 0 Å². The number of fused-ring (bicyclic) bond motifs is 3. The maximum atomic E-state index is 15.0. The van der Waals surface area contributed by atoms with Crippen molar-refractivity contribution in [3.8, 4) is 17.3 Å². The monoisotopic (exact) mass is 516 g/mol. The number of hydrogen-bond donors (Lipinski definition) is 1. The zero-order valence-corrected chi connectivity index (χ0v) is 20.0. The third kappa shape index (κ3) is 4.25. The molecule has 0 radical (unpaired) electrons. The van der Waals surface area contributed by atoms with E-state index in [0.717, 1.165) is 41.1 Å². The Balaban J connectivity index is 1.24. The Kier molecular flexibility index (Phi) is 5.72. The fourth-order valence-corrected chi connectivity index (χ4v) is 5.63. The minimum atomic E-state index is -0.708. The van der Waals surface area contributed by atoms with E-state index in [1.54, 1.807) is 11.3 Å². The number of hydrogen-bond acceptors (Lipinski definition) is 6. The van der Waals surface area contributed by atoms with Gasteiger partial charge in [0.05, 0.1) is 5.39 Å². The zero-order valence-electron chi connectivity index (χ0n) is 19.2. The van der Waals surface area contributed by atoms with Gasteiger partial charge in [0.15, 0.2) is 11.6 Å². The zero-order chi connectivity index (χ0) is 25.5. The first kappa shape index (κ1) is 23.0. The number of carbonyl (C=O) groups excluding carboxylic acids is 1. The van der Waals surface area contributed by atoms with Gasteiger partial charge in [-0.2, -0.15) is 0 Å². The highest BCUT2D eigenvalue weighted by Gasteiger charge is 2.23. The van der Waals surface area contributed by atoms with E-state index in [0.29, 0.717) is 11.6 Å². The Morgan fingerprint density at radius 2 is 1.89 bits per heavy atom. The molecule has 37 heavy (non-hydrogen) atoms. The lowest BCUT2D eigenvalue weighted by Crippen LogP contribution is -2.27. The molecule has 0 atom stereocenters. The third-order valence-electron chi connectivity index (χ3n) is 6.16. The average Bonchev–Trinajstić information content (AvgIpc) is 3.48. The summed E-state index contributed by atoms with van der Waals surface area (Å²) in [4.78, 5) is 36.3. The molecule has 2 aromatic carbocycles. The lowest BCUT2D eigenvalue weighted by atomic mass is 10.2. The highest BCUT2D eigenvalue weighted by molar-refractivity contribution is 7.18. The summed E-state index contributed by atoms with van der Waals surface area (Å²) in [6.45, 7) is 0. The molecule has 1 N–H and O–H groups in total. The molecule has 0 saturated carbocycles. The van der Waals surface area contributed by atoms with Crippen molar-refractivity contribution in [2.24, 2.45) is 0 Å². The van der Waals surface area contributed by atoms with Gasteiger partial charge >= 0.3 is 0 Å². The second kappa shape index (κ2) is 9.21. The first-order chi connectivity index (χ1) is 18.0. The van der Waals surface area contributed by atoms with Gasteiger partial charge in [-0.05, 0) is 73.4 Å². The third-order valence-corrected chi connectivity index (χ3v) is 7.36. The fraction of sp³-hybridized carbons (Fsp3) is 0.111. The van der Waals surface area contributed by atoms with Gasteiger partial charge in [0, 0.05) is 28.5 Å². The van der Waals surface area contributed by atoms with Crippen molar-refractivity contribution in [2.75, 3.05) is 5.32 Å². The molecule has 184 valence electrons. The highest BCUT2D eigenvalue weighted by Crippen LogP contribution is 2.41. The number of carbonyl (C=O) groups is 1. The van der Waals surface area contributed by atoms with E-state index in [2.05, 4.69) is 15.3 Å². The SMILES string of the molecule is O=C(Nc1ccc(Oc2ncnc3sc4c(c23)CCC4)c(F)c1)c1cccn(-c2ccc(F)cc2)c1=O. The summed E-state index contributed by atoms with van der Waals surface area (Å²) in [5, 5.41) is 3.36. The first-order valence-corrected chi connectivity index (χ1v) is 12.3. The number of thiophene rings is 1. The fourth-order valence-electron chi connectivity index (χ4n) is 4.41. The van der Waals surface area contributed by atoms with Crippen molar-refractivity contribution in [3.05, 3.63) is 105 Å². The summed E-state index contributed by atoms with van der Waals surface area (Å²) in [6.07, 6.45) is 5.84. The molecule has 0 saturated heterocycles. The van der Waals surface area contributed by atoms with Crippen LogP contribution in [0.1, 0.15) is 27.2 Å². The van der Waals surface area contributed by atoms with Crippen molar-refractivity contribution < 1.29 is 18.3 Å². The number of halogens is 2. The second-order valence-electron chi connectivity index (χ2n) is 8.49. The Hall–Kier alpha value is -4.44. The highest BCUT2D eigenvalue weighted by atomic mass is 32.1. The number of anilines is 1. The Labute approximate surface area is 213 Å². The maximum Gasteiger partial charge on any atom is 0.267 e. The van der Waals surface area contributed by atoms with Gasteiger partial charge in [-0.15, -0.1) is 11.3 Å². The molecule has 7 nitrogen and oxygen atoms in total. The van der Waals surface area contributed by atoms with Crippen molar-refractivity contribution in [1.82, 2.24) is 14.5 Å². The number of pyridine rings is 1. The van der Waals surface area contributed by atoms with E-state index in [-0.39, 0.29) is 17.0 Å². The predicted octanol–water partition coefficient (Wildman–Crippen LogP) is 5.65. The summed E-state index contributed by atoms with van der Waals surface area (Å²) >= 11 is 1.61. The van der Waals surface area contributed by atoms with Crippen LogP contribution in [0.3, 0.4) is 0 Å².